The average Bonchev–Trinajstić information content (AvgIpc) is 2.52. The molecule has 0 saturated carbocycles. The predicted octanol–water partition coefficient (Wildman–Crippen LogP) is 2.65. The van der Waals surface area contributed by atoms with Gasteiger partial charge in [-0.2, -0.15) is 0 Å². The third-order valence-corrected chi connectivity index (χ3v) is 3.21. The van der Waals surface area contributed by atoms with Gasteiger partial charge in [-0.3, -0.25) is 4.79 Å². The van der Waals surface area contributed by atoms with E-state index >= 15 is 0 Å². The quantitative estimate of drug-likeness (QED) is 0.771. The van der Waals surface area contributed by atoms with Crippen LogP contribution in [-0.4, -0.2) is 43.0 Å². The molecule has 1 aromatic heterocycles. The predicted molar refractivity (Wildman–Crippen MR) is 89.4 cm³/mol. The summed E-state index contributed by atoms with van der Waals surface area (Å²) < 4.78 is 13.3. The van der Waals surface area contributed by atoms with Crippen LogP contribution < -0.4 is 10.6 Å². The smallest absolute Gasteiger partial charge is 0.255 e. The summed E-state index contributed by atoms with van der Waals surface area (Å²) in [4.78, 5) is 18.5. The number of benzene rings is 1. The standard InChI is InChI=1S/C17H21FN4O/c1-22(2)11-5-10-20-17(23)15-8-4-9-19-16(15)21-14-7-3-6-13(18)12-14/h3-4,6-9,12H,5,10-11H2,1-2H3,(H,19,21)(H,20,23). The van der Waals surface area contributed by atoms with E-state index < -0.39 is 0 Å². The fourth-order valence-corrected chi connectivity index (χ4v) is 2.08. The zero-order chi connectivity index (χ0) is 16.7. The van der Waals surface area contributed by atoms with Gasteiger partial charge in [-0.05, 0) is 57.4 Å². The zero-order valence-corrected chi connectivity index (χ0v) is 13.3. The van der Waals surface area contributed by atoms with Gasteiger partial charge in [0.05, 0.1) is 5.56 Å². The molecule has 0 spiro atoms. The molecule has 122 valence electrons. The fraction of sp³-hybridized carbons (Fsp3) is 0.294. The van der Waals surface area contributed by atoms with Crippen molar-refractivity contribution < 1.29 is 9.18 Å². The van der Waals surface area contributed by atoms with Crippen LogP contribution in [0.3, 0.4) is 0 Å². The lowest BCUT2D eigenvalue weighted by Gasteiger charge is -2.12. The second-order valence-electron chi connectivity index (χ2n) is 5.45. The van der Waals surface area contributed by atoms with Crippen molar-refractivity contribution in [3.05, 3.63) is 54.0 Å². The minimum atomic E-state index is -0.347. The van der Waals surface area contributed by atoms with Gasteiger partial charge < -0.3 is 15.5 Å². The fourth-order valence-electron chi connectivity index (χ4n) is 2.08. The maximum Gasteiger partial charge on any atom is 0.255 e. The number of carbonyl (C=O) groups is 1. The van der Waals surface area contributed by atoms with E-state index in [9.17, 15) is 9.18 Å². The number of carbonyl (C=O) groups excluding carboxylic acids is 1. The monoisotopic (exact) mass is 316 g/mol. The lowest BCUT2D eigenvalue weighted by Crippen LogP contribution is -2.27. The van der Waals surface area contributed by atoms with E-state index in [1.54, 1.807) is 30.5 Å². The Balaban J connectivity index is 2.03. The molecule has 0 aliphatic carbocycles. The molecule has 0 aliphatic heterocycles. The molecule has 23 heavy (non-hydrogen) atoms. The topological polar surface area (TPSA) is 57.3 Å². The van der Waals surface area contributed by atoms with Crippen LogP contribution in [-0.2, 0) is 0 Å². The van der Waals surface area contributed by atoms with Gasteiger partial charge in [-0.15, -0.1) is 0 Å². The van der Waals surface area contributed by atoms with Crippen LogP contribution in [0.2, 0.25) is 0 Å². The van der Waals surface area contributed by atoms with Crippen molar-refractivity contribution in [2.24, 2.45) is 0 Å². The van der Waals surface area contributed by atoms with Gasteiger partial charge in [0.2, 0.25) is 0 Å². The summed E-state index contributed by atoms with van der Waals surface area (Å²) >= 11 is 0. The molecule has 0 bridgehead atoms. The number of nitrogens with one attached hydrogen (secondary N) is 2. The van der Waals surface area contributed by atoms with Gasteiger partial charge in [0.25, 0.3) is 5.91 Å². The Labute approximate surface area is 135 Å². The van der Waals surface area contributed by atoms with Crippen molar-refractivity contribution in [2.75, 3.05) is 32.5 Å². The Bertz CT molecular complexity index is 661. The highest BCUT2D eigenvalue weighted by atomic mass is 19.1. The van der Waals surface area contributed by atoms with Crippen LogP contribution in [0.4, 0.5) is 15.9 Å². The third kappa shape index (κ3) is 5.34. The van der Waals surface area contributed by atoms with E-state index in [0.717, 1.165) is 13.0 Å². The molecule has 1 aromatic carbocycles. The molecule has 0 saturated heterocycles. The number of hydrogen-bond acceptors (Lipinski definition) is 4. The Morgan fingerprint density at radius 1 is 1.26 bits per heavy atom. The number of pyridine rings is 1. The number of amides is 1. The number of anilines is 2. The van der Waals surface area contributed by atoms with Crippen molar-refractivity contribution in [1.82, 2.24) is 15.2 Å². The Morgan fingerprint density at radius 3 is 2.83 bits per heavy atom. The number of hydrogen-bond donors (Lipinski definition) is 2. The molecule has 1 amide bonds. The van der Waals surface area contributed by atoms with E-state index in [2.05, 4.69) is 20.5 Å². The van der Waals surface area contributed by atoms with E-state index in [1.807, 2.05) is 14.1 Å². The summed E-state index contributed by atoms with van der Waals surface area (Å²) in [6, 6.07) is 9.43. The SMILES string of the molecule is CN(C)CCCNC(=O)c1cccnc1Nc1cccc(F)c1. The molecule has 0 radical (unpaired) electrons. The second-order valence-corrected chi connectivity index (χ2v) is 5.45. The molecule has 0 unspecified atom stereocenters. The molecule has 2 rings (SSSR count). The zero-order valence-electron chi connectivity index (χ0n) is 13.3. The molecule has 0 aliphatic rings. The van der Waals surface area contributed by atoms with Crippen molar-refractivity contribution in [3.63, 3.8) is 0 Å². The molecule has 5 nitrogen and oxygen atoms in total. The van der Waals surface area contributed by atoms with E-state index in [-0.39, 0.29) is 11.7 Å². The number of nitrogens with zero attached hydrogens (tertiary/aromatic N) is 2. The second kappa shape index (κ2) is 8.24. The first kappa shape index (κ1) is 16.9. The maximum absolute atomic E-state index is 13.3. The molecular formula is C17H21FN4O. The summed E-state index contributed by atoms with van der Waals surface area (Å²) in [6.45, 7) is 1.49. The van der Waals surface area contributed by atoms with Crippen molar-refractivity contribution in [1.29, 1.82) is 0 Å². The van der Waals surface area contributed by atoms with Gasteiger partial charge >= 0.3 is 0 Å². The van der Waals surface area contributed by atoms with E-state index in [0.29, 0.717) is 23.6 Å². The van der Waals surface area contributed by atoms with Gasteiger partial charge in [0, 0.05) is 18.4 Å². The first-order chi connectivity index (χ1) is 11.1. The molecule has 0 fully saturated rings. The molecular weight excluding hydrogens is 295 g/mol. The van der Waals surface area contributed by atoms with Gasteiger partial charge in [0.1, 0.15) is 11.6 Å². The number of rotatable bonds is 7. The molecule has 0 atom stereocenters. The summed E-state index contributed by atoms with van der Waals surface area (Å²) in [5.74, 6) is -0.139. The molecule has 2 N–H and O–H groups in total. The highest BCUT2D eigenvalue weighted by molar-refractivity contribution is 5.99. The van der Waals surface area contributed by atoms with Crippen LogP contribution in [0.15, 0.2) is 42.6 Å². The average molecular weight is 316 g/mol. The van der Waals surface area contributed by atoms with Crippen LogP contribution >= 0.6 is 0 Å². The van der Waals surface area contributed by atoms with Gasteiger partial charge in [-0.1, -0.05) is 6.07 Å². The highest BCUT2D eigenvalue weighted by Gasteiger charge is 2.12. The minimum Gasteiger partial charge on any atom is -0.352 e. The third-order valence-electron chi connectivity index (χ3n) is 3.21. The van der Waals surface area contributed by atoms with Crippen LogP contribution in [0, 0.1) is 5.82 Å². The number of aromatic nitrogens is 1. The lowest BCUT2D eigenvalue weighted by atomic mass is 10.2. The first-order valence-electron chi connectivity index (χ1n) is 7.47. The van der Waals surface area contributed by atoms with Crippen molar-refractivity contribution in [3.8, 4) is 0 Å². The lowest BCUT2D eigenvalue weighted by molar-refractivity contribution is 0.0953. The maximum atomic E-state index is 13.3. The van der Waals surface area contributed by atoms with Crippen molar-refractivity contribution in [2.45, 2.75) is 6.42 Å². The summed E-state index contributed by atoms with van der Waals surface area (Å²) in [5, 5.41) is 5.85. The first-order valence-corrected chi connectivity index (χ1v) is 7.47. The van der Waals surface area contributed by atoms with Crippen LogP contribution in [0.1, 0.15) is 16.8 Å². The van der Waals surface area contributed by atoms with Gasteiger partial charge in [-0.25, -0.2) is 9.37 Å². The van der Waals surface area contributed by atoms with Crippen LogP contribution in [0.5, 0.6) is 0 Å². The number of halogens is 1. The normalized spacial score (nSPS) is 10.6. The Hall–Kier alpha value is -2.47. The Kier molecular flexibility index (Phi) is 6.05. The van der Waals surface area contributed by atoms with Crippen molar-refractivity contribution >= 4 is 17.4 Å². The van der Waals surface area contributed by atoms with Crippen LogP contribution in [0.25, 0.3) is 0 Å². The minimum absolute atomic E-state index is 0.198. The van der Waals surface area contributed by atoms with E-state index in [4.69, 9.17) is 0 Å². The van der Waals surface area contributed by atoms with Gasteiger partial charge in [0.15, 0.2) is 0 Å². The largest absolute Gasteiger partial charge is 0.352 e. The molecule has 1 heterocycles. The summed E-state index contributed by atoms with van der Waals surface area (Å²) in [5.41, 5.74) is 0.979. The molecule has 6 heteroatoms. The molecule has 2 aromatic rings. The Morgan fingerprint density at radius 2 is 2.09 bits per heavy atom. The highest BCUT2D eigenvalue weighted by Crippen LogP contribution is 2.19. The summed E-state index contributed by atoms with van der Waals surface area (Å²) in [7, 11) is 3.98. The van der Waals surface area contributed by atoms with E-state index in [1.165, 1.54) is 12.1 Å². The summed E-state index contributed by atoms with van der Waals surface area (Å²) in [6.07, 6.45) is 2.45.